The minimum Gasteiger partial charge on any atom is -0.506 e. The highest BCUT2D eigenvalue weighted by atomic mass is 16.3. The van der Waals surface area contributed by atoms with Gasteiger partial charge in [-0.05, 0) is 53.9 Å². The number of hydrogen-bond acceptors (Lipinski definition) is 7. The Morgan fingerprint density at radius 3 is 2.09 bits per heavy atom. The normalized spacial score (nSPS) is 11.2. The van der Waals surface area contributed by atoms with Crippen LogP contribution >= 0.6 is 0 Å². The molecule has 0 aliphatic carbocycles. The van der Waals surface area contributed by atoms with E-state index in [-0.39, 0.29) is 5.75 Å². The van der Waals surface area contributed by atoms with Crippen LogP contribution < -0.4 is 10.6 Å². The van der Waals surface area contributed by atoms with Crippen molar-refractivity contribution in [2.75, 3.05) is 10.6 Å². The number of benzene rings is 3. The minimum absolute atomic E-state index is 0.0777. The Bertz CT molecular complexity index is 1430. The van der Waals surface area contributed by atoms with Crippen molar-refractivity contribution in [1.82, 2.24) is 9.97 Å². The van der Waals surface area contributed by atoms with E-state index in [1.165, 1.54) is 0 Å². The molecular formula is C28H24N6O. The maximum Gasteiger partial charge on any atom is 0.143 e. The van der Waals surface area contributed by atoms with Crippen molar-refractivity contribution in [3.63, 3.8) is 0 Å². The molecule has 0 amide bonds. The fraction of sp³-hybridized carbons (Fsp3) is 0.0714. The second-order valence-corrected chi connectivity index (χ2v) is 8.10. The lowest BCUT2D eigenvalue weighted by Gasteiger charge is -2.25. The van der Waals surface area contributed by atoms with Gasteiger partial charge in [-0.25, -0.2) is 0 Å². The molecule has 2 aromatic heterocycles. The standard InChI is InChI=1S/C28H24N6O/c29-25-17-21(32-33-28-24-10-2-1-7-20(24)11-14-27(28)35)12-13-26(25)34(18-22-8-3-5-15-30-22)19-23-9-4-6-16-31-23/h1-17,35H,18-19,29H2/b33-32+. The Hall–Kier alpha value is -4.78. The molecule has 5 aromatic rings. The summed E-state index contributed by atoms with van der Waals surface area (Å²) in [5.74, 6) is 0.0777. The highest BCUT2D eigenvalue weighted by Gasteiger charge is 2.14. The van der Waals surface area contributed by atoms with Crippen molar-refractivity contribution in [3.05, 3.63) is 115 Å². The molecule has 0 spiro atoms. The van der Waals surface area contributed by atoms with Gasteiger partial charge in [0.2, 0.25) is 0 Å². The van der Waals surface area contributed by atoms with Gasteiger partial charge in [-0.15, -0.1) is 5.11 Å². The van der Waals surface area contributed by atoms with Gasteiger partial charge in [-0.1, -0.05) is 42.5 Å². The molecule has 35 heavy (non-hydrogen) atoms. The van der Waals surface area contributed by atoms with Gasteiger partial charge in [-0.2, -0.15) is 5.11 Å². The summed E-state index contributed by atoms with van der Waals surface area (Å²) < 4.78 is 0. The molecular weight excluding hydrogens is 436 g/mol. The zero-order valence-corrected chi connectivity index (χ0v) is 19.0. The quantitative estimate of drug-likeness (QED) is 0.212. The third kappa shape index (κ3) is 5.09. The number of nitrogens with zero attached hydrogens (tertiary/aromatic N) is 5. The second kappa shape index (κ2) is 10.0. The highest BCUT2D eigenvalue weighted by Crippen LogP contribution is 2.37. The van der Waals surface area contributed by atoms with E-state index in [2.05, 4.69) is 25.1 Å². The van der Waals surface area contributed by atoms with Gasteiger partial charge in [0.05, 0.1) is 41.5 Å². The number of phenols is 1. The van der Waals surface area contributed by atoms with Gasteiger partial charge in [0.25, 0.3) is 0 Å². The van der Waals surface area contributed by atoms with Crippen LogP contribution in [0.1, 0.15) is 11.4 Å². The summed E-state index contributed by atoms with van der Waals surface area (Å²) in [6.07, 6.45) is 3.56. The summed E-state index contributed by atoms with van der Waals surface area (Å²) in [6, 6.07) is 28.5. The number of anilines is 2. The van der Waals surface area contributed by atoms with E-state index in [9.17, 15) is 5.11 Å². The Balaban J connectivity index is 1.45. The zero-order valence-electron chi connectivity index (χ0n) is 19.0. The molecule has 7 heteroatoms. The van der Waals surface area contributed by atoms with Crippen molar-refractivity contribution >= 4 is 33.5 Å². The number of nitrogen functional groups attached to an aromatic ring is 1. The van der Waals surface area contributed by atoms with E-state index in [4.69, 9.17) is 5.73 Å². The summed E-state index contributed by atoms with van der Waals surface area (Å²) >= 11 is 0. The Labute approximate surface area is 203 Å². The molecule has 0 saturated carbocycles. The number of pyridine rings is 2. The first kappa shape index (κ1) is 22.0. The lowest BCUT2D eigenvalue weighted by molar-refractivity contribution is 0.477. The Kier molecular flexibility index (Phi) is 6.30. The van der Waals surface area contributed by atoms with Crippen LogP contribution in [0, 0.1) is 0 Å². The van der Waals surface area contributed by atoms with Gasteiger partial charge in [0.15, 0.2) is 0 Å². The Morgan fingerprint density at radius 2 is 1.43 bits per heavy atom. The monoisotopic (exact) mass is 460 g/mol. The summed E-state index contributed by atoms with van der Waals surface area (Å²) in [6.45, 7) is 1.15. The minimum atomic E-state index is 0.0777. The van der Waals surface area contributed by atoms with Crippen LogP contribution in [-0.2, 0) is 13.1 Å². The number of aromatic nitrogens is 2. The molecule has 3 N–H and O–H groups in total. The molecule has 0 bridgehead atoms. The van der Waals surface area contributed by atoms with E-state index in [1.54, 1.807) is 24.5 Å². The first-order valence-corrected chi connectivity index (χ1v) is 11.2. The fourth-order valence-corrected chi connectivity index (χ4v) is 3.95. The first-order valence-electron chi connectivity index (χ1n) is 11.2. The molecule has 0 aliphatic heterocycles. The molecule has 5 rings (SSSR count). The number of aromatic hydroxyl groups is 1. The molecule has 7 nitrogen and oxygen atoms in total. The van der Waals surface area contributed by atoms with Crippen LogP contribution in [-0.4, -0.2) is 15.1 Å². The summed E-state index contributed by atoms with van der Waals surface area (Å²) in [5, 5.41) is 20.9. The smallest absolute Gasteiger partial charge is 0.143 e. The van der Waals surface area contributed by atoms with Gasteiger partial charge in [0, 0.05) is 17.8 Å². The first-order chi connectivity index (χ1) is 17.2. The van der Waals surface area contributed by atoms with E-state index in [0.717, 1.165) is 27.8 Å². The Morgan fingerprint density at radius 1 is 0.743 bits per heavy atom. The number of hydrogen-bond donors (Lipinski definition) is 2. The average molecular weight is 461 g/mol. The van der Waals surface area contributed by atoms with Gasteiger partial charge >= 0.3 is 0 Å². The van der Waals surface area contributed by atoms with Crippen LogP contribution in [0.5, 0.6) is 5.75 Å². The summed E-state index contributed by atoms with van der Waals surface area (Å²) in [7, 11) is 0. The zero-order chi connectivity index (χ0) is 24.0. The number of nitrogens with two attached hydrogens (primary N) is 1. The van der Waals surface area contributed by atoms with Crippen molar-refractivity contribution in [2.45, 2.75) is 13.1 Å². The van der Waals surface area contributed by atoms with E-state index in [1.807, 2.05) is 78.9 Å². The highest BCUT2D eigenvalue weighted by molar-refractivity contribution is 5.95. The molecule has 0 atom stereocenters. The predicted octanol–water partition coefficient (Wildman–Crippen LogP) is 6.54. The molecule has 2 heterocycles. The third-order valence-electron chi connectivity index (χ3n) is 5.65. The van der Waals surface area contributed by atoms with Crippen molar-refractivity contribution in [1.29, 1.82) is 0 Å². The fourth-order valence-electron chi connectivity index (χ4n) is 3.95. The topological polar surface area (TPSA) is 100.0 Å². The third-order valence-corrected chi connectivity index (χ3v) is 5.65. The molecule has 0 radical (unpaired) electrons. The van der Waals surface area contributed by atoms with Gasteiger partial charge in [-0.3, -0.25) is 9.97 Å². The van der Waals surface area contributed by atoms with E-state index >= 15 is 0 Å². The van der Waals surface area contributed by atoms with Crippen molar-refractivity contribution in [2.24, 2.45) is 10.2 Å². The van der Waals surface area contributed by atoms with Crippen LogP contribution in [0.3, 0.4) is 0 Å². The molecule has 172 valence electrons. The largest absolute Gasteiger partial charge is 0.506 e. The van der Waals surface area contributed by atoms with Gasteiger partial charge in [0.1, 0.15) is 11.4 Å². The number of azo groups is 1. The molecule has 0 saturated heterocycles. The van der Waals surface area contributed by atoms with E-state index < -0.39 is 0 Å². The van der Waals surface area contributed by atoms with Gasteiger partial charge < -0.3 is 15.7 Å². The van der Waals surface area contributed by atoms with Crippen LogP contribution in [0.15, 0.2) is 114 Å². The molecule has 0 unspecified atom stereocenters. The SMILES string of the molecule is Nc1cc(/N=N/c2c(O)ccc3ccccc23)ccc1N(Cc1ccccn1)Cc1ccccn1. The number of phenolic OH excluding ortho intramolecular Hbond substituents is 1. The molecule has 0 aliphatic rings. The lowest BCUT2D eigenvalue weighted by Crippen LogP contribution is -2.24. The number of rotatable bonds is 7. The average Bonchev–Trinajstić information content (AvgIpc) is 2.89. The summed E-state index contributed by atoms with van der Waals surface area (Å²) in [4.78, 5) is 11.1. The van der Waals surface area contributed by atoms with Crippen LogP contribution in [0.4, 0.5) is 22.7 Å². The summed E-state index contributed by atoms with van der Waals surface area (Å²) in [5.41, 5.74) is 10.8. The number of fused-ring (bicyclic) bond motifs is 1. The maximum atomic E-state index is 10.3. The maximum absolute atomic E-state index is 10.3. The van der Waals surface area contributed by atoms with Crippen LogP contribution in [0.25, 0.3) is 10.8 Å². The van der Waals surface area contributed by atoms with Crippen molar-refractivity contribution in [3.8, 4) is 5.75 Å². The second-order valence-electron chi connectivity index (χ2n) is 8.10. The predicted molar refractivity (Wildman–Crippen MR) is 139 cm³/mol. The lowest BCUT2D eigenvalue weighted by atomic mass is 10.1. The van der Waals surface area contributed by atoms with Crippen LogP contribution in [0.2, 0.25) is 0 Å². The molecule has 0 fully saturated rings. The molecule has 3 aromatic carbocycles. The van der Waals surface area contributed by atoms with Crippen molar-refractivity contribution < 1.29 is 5.11 Å². The van der Waals surface area contributed by atoms with E-state index in [0.29, 0.717) is 30.2 Å².